The quantitative estimate of drug-likeness (QED) is 0.387. The smallest absolute Gasteiger partial charge is 0.278 e. The highest BCUT2D eigenvalue weighted by Crippen LogP contribution is 2.27. The summed E-state index contributed by atoms with van der Waals surface area (Å²) in [5.74, 6) is 0.690. The van der Waals surface area contributed by atoms with Crippen molar-refractivity contribution in [1.82, 2.24) is 24.3 Å². The Balaban J connectivity index is 1.59. The monoisotopic (exact) mass is 484 g/mol. The maximum absolute atomic E-state index is 13.7. The lowest BCUT2D eigenvalue weighted by Gasteiger charge is -2.14. The summed E-state index contributed by atoms with van der Waals surface area (Å²) in [6, 6.07) is 9.96. The number of nitrogens with one attached hydrogen (secondary N) is 1. The first-order valence-corrected chi connectivity index (χ1v) is 11.9. The number of carbonyl (C=O) groups excluding carboxylic acids is 1. The molecular formula is C27H28N6O3. The molecule has 184 valence electrons. The number of benzene rings is 2. The van der Waals surface area contributed by atoms with E-state index in [4.69, 9.17) is 4.52 Å². The van der Waals surface area contributed by atoms with Crippen LogP contribution in [-0.4, -0.2) is 30.2 Å². The van der Waals surface area contributed by atoms with Crippen LogP contribution in [0.1, 0.15) is 40.9 Å². The molecule has 0 aliphatic heterocycles. The molecule has 0 atom stereocenters. The molecule has 0 aliphatic rings. The average molecular weight is 485 g/mol. The van der Waals surface area contributed by atoms with E-state index in [1.807, 2.05) is 65.0 Å². The Morgan fingerprint density at radius 3 is 2.50 bits per heavy atom. The van der Waals surface area contributed by atoms with Gasteiger partial charge >= 0.3 is 0 Å². The Labute approximate surface area is 207 Å². The number of fused-ring (bicyclic) bond motifs is 3. The Hall–Kier alpha value is -4.27. The van der Waals surface area contributed by atoms with E-state index in [-0.39, 0.29) is 24.6 Å². The Morgan fingerprint density at radius 1 is 1.06 bits per heavy atom. The number of aryl methyl sites for hydroxylation is 5. The van der Waals surface area contributed by atoms with E-state index in [0.717, 1.165) is 38.8 Å². The maximum atomic E-state index is 13.7. The minimum absolute atomic E-state index is 0.0305. The molecule has 0 radical (unpaired) electrons. The highest BCUT2D eigenvalue weighted by molar-refractivity contribution is 6.07. The highest BCUT2D eigenvalue weighted by Gasteiger charge is 2.20. The van der Waals surface area contributed by atoms with Gasteiger partial charge in [0, 0.05) is 17.5 Å². The summed E-state index contributed by atoms with van der Waals surface area (Å²) >= 11 is 0. The van der Waals surface area contributed by atoms with Gasteiger partial charge in [-0.2, -0.15) is 4.98 Å². The second-order valence-electron chi connectivity index (χ2n) is 9.26. The molecular weight excluding hydrogens is 456 g/mol. The third-order valence-corrected chi connectivity index (χ3v) is 6.36. The Kier molecular flexibility index (Phi) is 5.91. The third kappa shape index (κ3) is 4.17. The van der Waals surface area contributed by atoms with Crippen molar-refractivity contribution >= 4 is 33.5 Å². The van der Waals surface area contributed by atoms with Crippen molar-refractivity contribution in [2.45, 2.75) is 54.1 Å². The normalized spacial score (nSPS) is 11.5. The highest BCUT2D eigenvalue weighted by atomic mass is 16.5. The second kappa shape index (κ2) is 9.07. The van der Waals surface area contributed by atoms with E-state index in [0.29, 0.717) is 29.2 Å². The van der Waals surface area contributed by atoms with Crippen molar-refractivity contribution in [2.75, 3.05) is 5.32 Å². The molecule has 3 heterocycles. The molecule has 1 amide bonds. The van der Waals surface area contributed by atoms with Crippen LogP contribution in [0.15, 0.2) is 46.0 Å². The van der Waals surface area contributed by atoms with E-state index in [1.54, 1.807) is 4.57 Å². The molecule has 0 saturated carbocycles. The summed E-state index contributed by atoms with van der Waals surface area (Å²) in [4.78, 5) is 35.8. The molecule has 0 bridgehead atoms. The van der Waals surface area contributed by atoms with Crippen molar-refractivity contribution in [1.29, 1.82) is 0 Å². The molecule has 2 aromatic carbocycles. The summed E-state index contributed by atoms with van der Waals surface area (Å²) in [6.07, 6.45) is 2.13. The molecule has 9 nitrogen and oxygen atoms in total. The number of carbonyl (C=O) groups is 1. The second-order valence-corrected chi connectivity index (χ2v) is 9.26. The number of aromatic nitrogens is 5. The Morgan fingerprint density at radius 2 is 1.81 bits per heavy atom. The lowest BCUT2D eigenvalue weighted by molar-refractivity contribution is -0.116. The van der Waals surface area contributed by atoms with Crippen LogP contribution in [0.2, 0.25) is 0 Å². The van der Waals surface area contributed by atoms with Crippen LogP contribution in [0.3, 0.4) is 0 Å². The topological polar surface area (TPSA) is 108 Å². The van der Waals surface area contributed by atoms with E-state index < -0.39 is 0 Å². The first-order valence-electron chi connectivity index (χ1n) is 11.9. The van der Waals surface area contributed by atoms with Gasteiger partial charge in [-0.05, 0) is 51.0 Å². The van der Waals surface area contributed by atoms with E-state index in [9.17, 15) is 9.59 Å². The molecule has 0 fully saturated rings. The minimum Gasteiger partial charge on any atom is -0.337 e. The van der Waals surface area contributed by atoms with E-state index >= 15 is 0 Å². The molecule has 5 aromatic rings. The summed E-state index contributed by atoms with van der Waals surface area (Å²) in [7, 11) is 0. The third-order valence-electron chi connectivity index (χ3n) is 6.36. The first kappa shape index (κ1) is 23.5. The van der Waals surface area contributed by atoms with E-state index in [1.165, 1.54) is 10.9 Å². The van der Waals surface area contributed by atoms with Crippen molar-refractivity contribution in [3.05, 3.63) is 81.0 Å². The minimum atomic E-state index is -0.277. The van der Waals surface area contributed by atoms with Crippen LogP contribution in [0.4, 0.5) is 5.69 Å². The van der Waals surface area contributed by atoms with Gasteiger partial charge < -0.3 is 14.4 Å². The molecule has 1 N–H and O–H groups in total. The lowest BCUT2D eigenvalue weighted by atomic mass is 10.1. The van der Waals surface area contributed by atoms with E-state index in [2.05, 4.69) is 20.4 Å². The first-order chi connectivity index (χ1) is 17.2. The number of anilines is 1. The zero-order valence-corrected chi connectivity index (χ0v) is 21.0. The van der Waals surface area contributed by atoms with Crippen LogP contribution in [0.5, 0.6) is 0 Å². The van der Waals surface area contributed by atoms with Crippen LogP contribution in [0, 0.1) is 27.7 Å². The predicted octanol–water partition coefficient (Wildman–Crippen LogP) is 4.22. The molecule has 0 unspecified atom stereocenters. The number of rotatable bonds is 6. The van der Waals surface area contributed by atoms with Gasteiger partial charge in [-0.25, -0.2) is 4.98 Å². The zero-order chi connectivity index (χ0) is 25.6. The lowest BCUT2D eigenvalue weighted by Crippen LogP contribution is -2.26. The SMILES string of the molecule is CCc1noc(Cn2cnc3c4cc(C)ccc4n(CC(=O)Nc4c(C)cc(C)cc4C)c3c2=O)n1. The summed E-state index contributed by atoms with van der Waals surface area (Å²) in [5.41, 5.74) is 6.38. The van der Waals surface area contributed by atoms with Crippen LogP contribution in [-0.2, 0) is 24.3 Å². The standard InChI is InChI=1S/C27H28N6O3/c1-6-21-29-23(36-31-21)13-32-14-28-25-19-11-15(2)7-8-20(19)33(26(25)27(32)35)12-22(34)30-24-17(4)9-16(3)10-18(24)5/h7-11,14H,6,12-13H2,1-5H3,(H,30,34). The van der Waals surface area contributed by atoms with Crippen LogP contribution < -0.4 is 10.9 Å². The Bertz CT molecular complexity index is 1670. The number of hydrogen-bond donors (Lipinski definition) is 1. The summed E-state index contributed by atoms with van der Waals surface area (Å²) < 4.78 is 8.45. The van der Waals surface area contributed by atoms with Gasteiger partial charge in [0.15, 0.2) is 5.82 Å². The van der Waals surface area contributed by atoms with Crippen molar-refractivity contribution in [3.8, 4) is 0 Å². The van der Waals surface area contributed by atoms with Gasteiger partial charge in [0.2, 0.25) is 11.8 Å². The molecule has 0 aliphatic carbocycles. The summed E-state index contributed by atoms with van der Waals surface area (Å²) in [5, 5.41) is 7.78. The van der Waals surface area contributed by atoms with Gasteiger partial charge in [0.05, 0.1) is 11.8 Å². The van der Waals surface area contributed by atoms with Gasteiger partial charge in [-0.3, -0.25) is 14.2 Å². The molecule has 0 spiro atoms. The number of hydrogen-bond acceptors (Lipinski definition) is 6. The van der Waals surface area contributed by atoms with Crippen molar-refractivity contribution < 1.29 is 9.32 Å². The number of amides is 1. The molecule has 5 rings (SSSR count). The van der Waals surface area contributed by atoms with Gasteiger partial charge in [-0.15, -0.1) is 0 Å². The molecule has 9 heteroatoms. The maximum Gasteiger partial charge on any atom is 0.278 e. The molecule has 3 aromatic heterocycles. The number of nitrogens with zero attached hydrogens (tertiary/aromatic N) is 5. The fourth-order valence-electron chi connectivity index (χ4n) is 4.73. The van der Waals surface area contributed by atoms with Gasteiger partial charge in [0.25, 0.3) is 5.56 Å². The molecule has 36 heavy (non-hydrogen) atoms. The van der Waals surface area contributed by atoms with Gasteiger partial charge in [0.1, 0.15) is 24.1 Å². The fraction of sp³-hybridized carbons (Fsp3) is 0.296. The summed E-state index contributed by atoms with van der Waals surface area (Å²) in [6.45, 7) is 9.97. The van der Waals surface area contributed by atoms with Crippen molar-refractivity contribution in [2.24, 2.45) is 0 Å². The predicted molar refractivity (Wildman–Crippen MR) is 138 cm³/mol. The fourth-order valence-corrected chi connectivity index (χ4v) is 4.73. The molecule has 0 saturated heterocycles. The van der Waals surface area contributed by atoms with Gasteiger partial charge in [-0.1, -0.05) is 41.4 Å². The zero-order valence-electron chi connectivity index (χ0n) is 21.0. The average Bonchev–Trinajstić information content (AvgIpc) is 3.40. The van der Waals surface area contributed by atoms with Crippen molar-refractivity contribution in [3.63, 3.8) is 0 Å². The largest absolute Gasteiger partial charge is 0.337 e. The van der Waals surface area contributed by atoms with Crippen LogP contribution in [0.25, 0.3) is 21.9 Å². The van der Waals surface area contributed by atoms with Crippen LogP contribution >= 0.6 is 0 Å².